The molecule has 0 amide bonds. The van der Waals surface area contributed by atoms with Crippen molar-refractivity contribution in [2.75, 3.05) is 0 Å². The Bertz CT molecular complexity index is 600. The van der Waals surface area contributed by atoms with Crippen LogP contribution < -0.4 is 5.32 Å². The summed E-state index contributed by atoms with van der Waals surface area (Å²) in [7, 11) is 0. The van der Waals surface area contributed by atoms with Crippen molar-refractivity contribution in [3.05, 3.63) is 54.4 Å². The number of nitro groups is 1. The van der Waals surface area contributed by atoms with E-state index in [1.807, 2.05) is 12.3 Å². The molecule has 100 valence electrons. The van der Waals surface area contributed by atoms with E-state index < -0.39 is 4.92 Å². The average Bonchev–Trinajstić information content (AvgIpc) is 2.77. The monoisotopic (exact) mass is 341 g/mol. The van der Waals surface area contributed by atoms with E-state index in [1.165, 1.54) is 12.1 Å². The molecule has 0 radical (unpaired) electrons. The van der Waals surface area contributed by atoms with Crippen LogP contribution in [-0.2, 0) is 13.1 Å². The molecule has 0 saturated heterocycles. The molecule has 0 aliphatic carbocycles. The zero-order valence-corrected chi connectivity index (χ0v) is 12.6. The third kappa shape index (κ3) is 3.82. The minimum atomic E-state index is -0.403. The summed E-state index contributed by atoms with van der Waals surface area (Å²) in [6, 6.07) is 4.78. The first-order valence-electron chi connectivity index (χ1n) is 5.61. The van der Waals surface area contributed by atoms with Gasteiger partial charge in [0.25, 0.3) is 5.69 Å². The van der Waals surface area contributed by atoms with Gasteiger partial charge in [-0.3, -0.25) is 10.1 Å². The van der Waals surface area contributed by atoms with Crippen molar-refractivity contribution in [3.63, 3.8) is 0 Å². The van der Waals surface area contributed by atoms with Gasteiger partial charge in [-0.25, -0.2) is 4.98 Å². The van der Waals surface area contributed by atoms with Crippen molar-refractivity contribution in [3.8, 4) is 0 Å². The molecule has 0 aliphatic heterocycles. The predicted octanol–water partition coefficient (Wildman–Crippen LogP) is 3.41. The number of non-ortho nitro benzene ring substituents is 1. The topological polar surface area (TPSA) is 68.1 Å². The number of hydrogen-bond acceptors (Lipinski definition) is 5. The lowest BCUT2D eigenvalue weighted by molar-refractivity contribution is -0.384. The molecule has 1 aromatic heterocycles. The molecule has 1 N–H and O–H groups in total. The van der Waals surface area contributed by atoms with Crippen LogP contribution in [0, 0.1) is 17.0 Å². The molecule has 7 heteroatoms. The van der Waals surface area contributed by atoms with Gasteiger partial charge in [0, 0.05) is 35.1 Å². The lowest BCUT2D eigenvalue weighted by atomic mass is 10.2. The molecule has 19 heavy (non-hydrogen) atoms. The highest BCUT2D eigenvalue weighted by Crippen LogP contribution is 2.22. The van der Waals surface area contributed by atoms with E-state index in [9.17, 15) is 10.1 Å². The number of nitrogens with one attached hydrogen (secondary N) is 1. The average molecular weight is 342 g/mol. The lowest BCUT2D eigenvalue weighted by Crippen LogP contribution is -2.13. The van der Waals surface area contributed by atoms with Crippen LogP contribution in [0.1, 0.15) is 16.3 Å². The Morgan fingerprint density at radius 1 is 1.47 bits per heavy atom. The largest absolute Gasteiger partial charge is 0.307 e. The van der Waals surface area contributed by atoms with Crippen molar-refractivity contribution >= 4 is 33.0 Å². The Morgan fingerprint density at radius 2 is 2.26 bits per heavy atom. The van der Waals surface area contributed by atoms with Gasteiger partial charge in [0.2, 0.25) is 0 Å². The molecule has 5 nitrogen and oxygen atoms in total. The van der Waals surface area contributed by atoms with E-state index in [1.54, 1.807) is 17.4 Å². The van der Waals surface area contributed by atoms with Gasteiger partial charge >= 0.3 is 0 Å². The second-order valence-corrected chi connectivity index (χ2v) is 5.91. The Labute approximate surface area is 123 Å². The number of nitro benzene ring substituents is 1. The van der Waals surface area contributed by atoms with Gasteiger partial charge < -0.3 is 5.32 Å². The van der Waals surface area contributed by atoms with E-state index in [2.05, 4.69) is 26.2 Å². The predicted molar refractivity (Wildman–Crippen MR) is 78.2 cm³/mol. The quantitative estimate of drug-likeness (QED) is 0.668. The Balaban J connectivity index is 1.94. The van der Waals surface area contributed by atoms with Gasteiger partial charge in [-0.2, -0.15) is 0 Å². The van der Waals surface area contributed by atoms with Gasteiger partial charge in [0.05, 0.1) is 15.6 Å². The summed E-state index contributed by atoms with van der Waals surface area (Å²) >= 11 is 4.97. The van der Waals surface area contributed by atoms with E-state index in [-0.39, 0.29) is 5.69 Å². The molecule has 1 aromatic carbocycles. The van der Waals surface area contributed by atoms with Crippen LogP contribution in [0.3, 0.4) is 0 Å². The van der Waals surface area contributed by atoms with Crippen molar-refractivity contribution in [2.24, 2.45) is 0 Å². The van der Waals surface area contributed by atoms with Gasteiger partial charge in [-0.1, -0.05) is 15.9 Å². The first-order valence-corrected chi connectivity index (χ1v) is 7.28. The second-order valence-electron chi connectivity index (χ2n) is 3.99. The first-order chi connectivity index (χ1) is 9.06. The Hall–Kier alpha value is -1.31. The third-order valence-electron chi connectivity index (χ3n) is 2.54. The van der Waals surface area contributed by atoms with Crippen molar-refractivity contribution in [2.45, 2.75) is 20.0 Å². The highest BCUT2D eigenvalue weighted by Gasteiger charge is 2.08. The normalized spacial score (nSPS) is 10.6. The van der Waals surface area contributed by atoms with Crippen molar-refractivity contribution in [1.29, 1.82) is 0 Å². The fourth-order valence-corrected chi connectivity index (χ4v) is 2.73. The van der Waals surface area contributed by atoms with Gasteiger partial charge in [-0.05, 0) is 18.6 Å². The molecule has 0 spiro atoms. The molecular formula is C12H12BrN3O2S. The summed E-state index contributed by atoms with van der Waals surface area (Å²) in [4.78, 5) is 14.6. The highest BCUT2D eigenvalue weighted by molar-refractivity contribution is 9.10. The molecule has 0 fully saturated rings. The number of rotatable bonds is 5. The first kappa shape index (κ1) is 14.1. The summed E-state index contributed by atoms with van der Waals surface area (Å²) < 4.78 is 0.739. The standard InChI is InChI=1S/C12H12BrN3O2S/c1-8-15-10(7-19-8)6-14-5-9-2-3-11(16(17)18)4-12(9)13/h2-4,7,14H,5-6H2,1H3. The smallest absolute Gasteiger partial charge is 0.270 e. The Kier molecular flexibility index (Phi) is 4.62. The van der Waals surface area contributed by atoms with Crippen molar-refractivity contribution in [1.82, 2.24) is 10.3 Å². The summed E-state index contributed by atoms with van der Waals surface area (Å²) in [5.74, 6) is 0. The molecule has 0 bridgehead atoms. The third-order valence-corrected chi connectivity index (χ3v) is 4.10. The van der Waals surface area contributed by atoms with Crippen LogP contribution in [0.5, 0.6) is 0 Å². The number of nitrogens with zero attached hydrogens (tertiary/aromatic N) is 2. The number of benzene rings is 1. The highest BCUT2D eigenvalue weighted by atomic mass is 79.9. The fraction of sp³-hybridized carbons (Fsp3) is 0.250. The molecule has 2 rings (SSSR count). The van der Waals surface area contributed by atoms with E-state index >= 15 is 0 Å². The van der Waals surface area contributed by atoms with Crippen molar-refractivity contribution < 1.29 is 4.92 Å². The SMILES string of the molecule is Cc1nc(CNCc2ccc([N+](=O)[O-])cc2Br)cs1. The lowest BCUT2D eigenvalue weighted by Gasteiger charge is -2.05. The maximum absolute atomic E-state index is 10.6. The van der Waals surface area contributed by atoms with Gasteiger partial charge in [0.1, 0.15) is 0 Å². The number of halogens is 1. The summed E-state index contributed by atoms with van der Waals surface area (Å²) in [6.07, 6.45) is 0. The number of aryl methyl sites for hydroxylation is 1. The summed E-state index contributed by atoms with van der Waals surface area (Å²) in [5, 5.41) is 17.0. The minimum Gasteiger partial charge on any atom is -0.307 e. The molecular weight excluding hydrogens is 330 g/mol. The second kappa shape index (κ2) is 6.23. The van der Waals surface area contributed by atoms with Crippen LogP contribution in [0.4, 0.5) is 5.69 Å². The van der Waals surface area contributed by atoms with Crippen LogP contribution >= 0.6 is 27.3 Å². The number of hydrogen-bond donors (Lipinski definition) is 1. The van der Waals surface area contributed by atoms with Crippen LogP contribution in [-0.4, -0.2) is 9.91 Å². The molecule has 0 unspecified atom stereocenters. The zero-order valence-electron chi connectivity index (χ0n) is 10.2. The molecule has 0 saturated carbocycles. The van der Waals surface area contributed by atoms with E-state index in [0.29, 0.717) is 13.1 Å². The molecule has 1 heterocycles. The maximum Gasteiger partial charge on any atom is 0.270 e. The molecule has 2 aromatic rings. The molecule has 0 atom stereocenters. The summed E-state index contributed by atoms with van der Waals surface area (Å²) in [6.45, 7) is 3.30. The zero-order chi connectivity index (χ0) is 13.8. The summed E-state index contributed by atoms with van der Waals surface area (Å²) in [5.41, 5.74) is 2.09. The Morgan fingerprint density at radius 3 is 2.84 bits per heavy atom. The molecule has 0 aliphatic rings. The number of thiazole rings is 1. The number of aromatic nitrogens is 1. The van der Waals surface area contributed by atoms with E-state index in [0.717, 1.165) is 20.7 Å². The van der Waals surface area contributed by atoms with Crippen LogP contribution in [0.2, 0.25) is 0 Å². The van der Waals surface area contributed by atoms with Crippen LogP contribution in [0.25, 0.3) is 0 Å². The van der Waals surface area contributed by atoms with E-state index in [4.69, 9.17) is 0 Å². The van der Waals surface area contributed by atoms with Gasteiger partial charge in [-0.15, -0.1) is 11.3 Å². The fourth-order valence-electron chi connectivity index (χ4n) is 1.61. The van der Waals surface area contributed by atoms with Crippen LogP contribution in [0.15, 0.2) is 28.1 Å². The van der Waals surface area contributed by atoms with Gasteiger partial charge in [0.15, 0.2) is 0 Å². The minimum absolute atomic E-state index is 0.0887. The maximum atomic E-state index is 10.6.